The molecular weight excluding hydrogens is 192 g/mol. The predicted octanol–water partition coefficient (Wildman–Crippen LogP) is 1.53. The summed E-state index contributed by atoms with van der Waals surface area (Å²) < 4.78 is 0. The van der Waals surface area contributed by atoms with Crippen LogP contribution in [0.4, 0.5) is 4.79 Å². The molecule has 1 rings (SSSR count). The van der Waals surface area contributed by atoms with Gasteiger partial charge in [-0.25, -0.2) is 10.3 Å². The molecule has 0 aliphatic carbocycles. The number of hydroxylamine groups is 1. The lowest BCUT2D eigenvalue weighted by Crippen LogP contribution is -2.32. The molecule has 0 unspecified atom stereocenters. The summed E-state index contributed by atoms with van der Waals surface area (Å²) in [6.07, 6.45) is 0. The van der Waals surface area contributed by atoms with Gasteiger partial charge < -0.3 is 5.32 Å². The number of carbonyl (C=O) groups is 1. The lowest BCUT2D eigenvalue weighted by atomic mass is 10.2. The number of benzene rings is 1. The fourth-order valence-corrected chi connectivity index (χ4v) is 0.950. The molecular formula is C8H9ClN2O2. The molecule has 0 saturated carbocycles. The lowest BCUT2D eigenvalue weighted by molar-refractivity contribution is 0.161. The van der Waals surface area contributed by atoms with Gasteiger partial charge in [0.25, 0.3) is 0 Å². The van der Waals surface area contributed by atoms with E-state index in [0.29, 0.717) is 11.6 Å². The Morgan fingerprint density at radius 1 is 1.38 bits per heavy atom. The van der Waals surface area contributed by atoms with Crippen LogP contribution in [-0.4, -0.2) is 11.2 Å². The van der Waals surface area contributed by atoms with Crippen LogP contribution in [-0.2, 0) is 6.54 Å². The number of carbonyl (C=O) groups excluding carboxylic acids is 1. The highest BCUT2D eigenvalue weighted by atomic mass is 35.5. The molecule has 4 nitrogen and oxygen atoms in total. The Morgan fingerprint density at radius 3 is 2.54 bits per heavy atom. The van der Waals surface area contributed by atoms with Crippen LogP contribution in [0, 0.1) is 0 Å². The van der Waals surface area contributed by atoms with Gasteiger partial charge in [0.2, 0.25) is 0 Å². The Morgan fingerprint density at radius 2 is 2.00 bits per heavy atom. The molecule has 70 valence electrons. The van der Waals surface area contributed by atoms with Crippen molar-refractivity contribution in [1.82, 2.24) is 10.8 Å². The Bertz CT molecular complexity index is 287. The van der Waals surface area contributed by atoms with E-state index in [9.17, 15) is 4.79 Å². The van der Waals surface area contributed by atoms with Gasteiger partial charge in [-0.2, -0.15) is 0 Å². The van der Waals surface area contributed by atoms with E-state index in [4.69, 9.17) is 16.8 Å². The summed E-state index contributed by atoms with van der Waals surface area (Å²) in [5.74, 6) is 0. The Kier molecular flexibility index (Phi) is 3.54. The molecule has 1 aromatic carbocycles. The summed E-state index contributed by atoms with van der Waals surface area (Å²) in [6.45, 7) is 0.351. The Balaban J connectivity index is 2.46. The number of hydrogen-bond donors (Lipinski definition) is 3. The van der Waals surface area contributed by atoms with Crippen molar-refractivity contribution in [1.29, 1.82) is 0 Å². The molecule has 3 N–H and O–H groups in total. The second-order valence-corrected chi connectivity index (χ2v) is 2.86. The molecule has 0 aromatic heterocycles. The van der Waals surface area contributed by atoms with E-state index in [1.165, 1.54) is 5.48 Å². The summed E-state index contributed by atoms with van der Waals surface area (Å²) in [7, 11) is 0. The Labute approximate surface area is 80.5 Å². The quantitative estimate of drug-likeness (QED) is 0.501. The van der Waals surface area contributed by atoms with Gasteiger partial charge >= 0.3 is 6.03 Å². The highest BCUT2D eigenvalue weighted by molar-refractivity contribution is 6.30. The third kappa shape index (κ3) is 3.31. The van der Waals surface area contributed by atoms with Gasteiger partial charge in [0, 0.05) is 11.6 Å². The maximum Gasteiger partial charge on any atom is 0.338 e. The fourth-order valence-electron chi connectivity index (χ4n) is 0.824. The van der Waals surface area contributed by atoms with E-state index < -0.39 is 6.03 Å². The van der Waals surface area contributed by atoms with Crippen molar-refractivity contribution in [2.75, 3.05) is 0 Å². The highest BCUT2D eigenvalue weighted by Gasteiger charge is 1.97. The predicted molar refractivity (Wildman–Crippen MR) is 48.6 cm³/mol. The molecule has 1 aromatic rings. The lowest BCUT2D eigenvalue weighted by Gasteiger charge is -2.03. The van der Waals surface area contributed by atoms with E-state index in [1.54, 1.807) is 24.3 Å². The third-order valence-corrected chi connectivity index (χ3v) is 1.72. The first-order valence-corrected chi connectivity index (χ1v) is 4.02. The number of nitrogens with one attached hydrogen (secondary N) is 2. The van der Waals surface area contributed by atoms with Crippen molar-refractivity contribution in [2.24, 2.45) is 0 Å². The summed E-state index contributed by atoms with van der Waals surface area (Å²) in [4.78, 5) is 10.6. The largest absolute Gasteiger partial charge is 0.338 e. The molecule has 0 radical (unpaired) electrons. The summed E-state index contributed by atoms with van der Waals surface area (Å²) in [5, 5.41) is 11.2. The smallest absolute Gasteiger partial charge is 0.332 e. The monoisotopic (exact) mass is 200 g/mol. The van der Waals surface area contributed by atoms with E-state index in [0.717, 1.165) is 5.56 Å². The Hall–Kier alpha value is -1.26. The number of urea groups is 1. The van der Waals surface area contributed by atoms with Crippen LogP contribution in [0.25, 0.3) is 0 Å². The maximum absolute atomic E-state index is 10.6. The average molecular weight is 201 g/mol. The zero-order valence-corrected chi connectivity index (χ0v) is 7.51. The van der Waals surface area contributed by atoms with Crippen LogP contribution >= 0.6 is 11.6 Å². The number of halogens is 1. The minimum absolute atomic E-state index is 0.351. The minimum Gasteiger partial charge on any atom is -0.332 e. The zero-order valence-electron chi connectivity index (χ0n) is 6.75. The number of amides is 2. The summed E-state index contributed by atoms with van der Waals surface area (Å²) in [6, 6.07) is 6.42. The first kappa shape index (κ1) is 9.83. The SMILES string of the molecule is O=C(NO)NCc1ccc(Cl)cc1. The van der Waals surface area contributed by atoms with Crippen molar-refractivity contribution in [3.8, 4) is 0 Å². The molecule has 0 bridgehead atoms. The van der Waals surface area contributed by atoms with E-state index in [-0.39, 0.29) is 0 Å². The van der Waals surface area contributed by atoms with Crippen LogP contribution < -0.4 is 10.8 Å². The molecule has 0 spiro atoms. The van der Waals surface area contributed by atoms with Gasteiger partial charge in [0.1, 0.15) is 0 Å². The molecule has 2 amide bonds. The van der Waals surface area contributed by atoms with Crippen LogP contribution in [0.5, 0.6) is 0 Å². The van der Waals surface area contributed by atoms with Gasteiger partial charge in [-0.3, -0.25) is 5.21 Å². The molecule has 0 saturated heterocycles. The van der Waals surface area contributed by atoms with Crippen LogP contribution in [0.15, 0.2) is 24.3 Å². The molecule has 0 fully saturated rings. The van der Waals surface area contributed by atoms with Gasteiger partial charge in [-0.1, -0.05) is 23.7 Å². The number of hydrogen-bond acceptors (Lipinski definition) is 2. The van der Waals surface area contributed by atoms with E-state index >= 15 is 0 Å². The van der Waals surface area contributed by atoms with Crippen molar-refractivity contribution < 1.29 is 10.0 Å². The van der Waals surface area contributed by atoms with E-state index in [2.05, 4.69) is 5.32 Å². The third-order valence-electron chi connectivity index (χ3n) is 1.47. The van der Waals surface area contributed by atoms with Gasteiger partial charge in [-0.15, -0.1) is 0 Å². The first-order valence-electron chi connectivity index (χ1n) is 3.65. The molecule has 13 heavy (non-hydrogen) atoms. The highest BCUT2D eigenvalue weighted by Crippen LogP contribution is 2.08. The molecule has 0 atom stereocenters. The molecule has 0 aliphatic rings. The van der Waals surface area contributed by atoms with Gasteiger partial charge in [0.05, 0.1) is 0 Å². The normalized spacial score (nSPS) is 9.38. The number of rotatable bonds is 2. The minimum atomic E-state index is -0.630. The maximum atomic E-state index is 10.6. The van der Waals surface area contributed by atoms with Crippen molar-refractivity contribution >= 4 is 17.6 Å². The summed E-state index contributed by atoms with van der Waals surface area (Å²) in [5.41, 5.74) is 2.38. The van der Waals surface area contributed by atoms with Crippen molar-refractivity contribution in [2.45, 2.75) is 6.54 Å². The second-order valence-electron chi connectivity index (χ2n) is 2.42. The second kappa shape index (κ2) is 4.69. The van der Waals surface area contributed by atoms with Crippen LogP contribution in [0.2, 0.25) is 5.02 Å². The van der Waals surface area contributed by atoms with Crippen LogP contribution in [0.3, 0.4) is 0 Å². The summed E-state index contributed by atoms with van der Waals surface area (Å²) >= 11 is 5.66. The molecule has 0 heterocycles. The zero-order chi connectivity index (χ0) is 9.68. The van der Waals surface area contributed by atoms with Crippen LogP contribution in [0.1, 0.15) is 5.56 Å². The topological polar surface area (TPSA) is 61.4 Å². The van der Waals surface area contributed by atoms with Gasteiger partial charge in [-0.05, 0) is 17.7 Å². The average Bonchev–Trinajstić information content (AvgIpc) is 2.16. The fraction of sp³-hybridized carbons (Fsp3) is 0.125. The first-order chi connectivity index (χ1) is 6.22. The molecule has 0 aliphatic heterocycles. The van der Waals surface area contributed by atoms with Gasteiger partial charge in [0.15, 0.2) is 0 Å². The van der Waals surface area contributed by atoms with E-state index in [1.807, 2.05) is 0 Å². The van der Waals surface area contributed by atoms with Crippen molar-refractivity contribution in [3.63, 3.8) is 0 Å². The standard InChI is InChI=1S/C8H9ClN2O2/c9-7-3-1-6(2-4-7)5-10-8(12)11-13/h1-4,13H,5H2,(H2,10,11,12). The van der Waals surface area contributed by atoms with Crippen molar-refractivity contribution in [3.05, 3.63) is 34.9 Å². The molecule has 5 heteroatoms.